The SMILES string of the molecule is N=C1N[C@H]2[C@H](CO)NC(=N)N3C[C@H](OC(=O)C(c4ccccc4)c4ccccc4)C(O)(O)C23N1. The molecule has 34 heavy (non-hydrogen) atoms. The van der Waals surface area contributed by atoms with E-state index in [1.54, 1.807) is 24.3 Å². The molecule has 4 atom stereocenters. The van der Waals surface area contributed by atoms with Gasteiger partial charge in [-0.25, -0.2) is 0 Å². The average Bonchev–Trinajstić information content (AvgIpc) is 3.29. The van der Waals surface area contributed by atoms with E-state index in [1.807, 2.05) is 36.4 Å². The third-order valence-electron chi connectivity index (χ3n) is 6.80. The molecular weight excluding hydrogens is 440 g/mol. The lowest BCUT2D eigenvalue weighted by molar-refractivity contribution is -0.264. The molecule has 0 amide bonds. The molecule has 1 unspecified atom stereocenters. The number of hydrogen-bond acceptors (Lipinski definition) is 7. The normalized spacial score (nSPS) is 29.1. The zero-order chi connectivity index (χ0) is 24.1. The summed E-state index contributed by atoms with van der Waals surface area (Å²) in [6, 6.07) is 16.4. The molecule has 1 spiro atoms. The van der Waals surface area contributed by atoms with E-state index in [9.17, 15) is 20.1 Å². The summed E-state index contributed by atoms with van der Waals surface area (Å²) in [5.41, 5.74) is -0.423. The van der Waals surface area contributed by atoms with E-state index in [1.165, 1.54) is 4.90 Å². The summed E-state index contributed by atoms with van der Waals surface area (Å²) in [6.45, 7) is -0.632. The zero-order valence-corrected chi connectivity index (χ0v) is 18.1. The molecule has 5 rings (SSSR count). The molecule has 11 heteroatoms. The van der Waals surface area contributed by atoms with Gasteiger partial charge in [-0.2, -0.15) is 0 Å². The molecule has 2 aromatic carbocycles. The van der Waals surface area contributed by atoms with E-state index >= 15 is 0 Å². The molecule has 0 aliphatic carbocycles. The molecule has 178 valence electrons. The second kappa shape index (κ2) is 7.97. The van der Waals surface area contributed by atoms with Gasteiger partial charge in [0, 0.05) is 0 Å². The predicted molar refractivity (Wildman–Crippen MR) is 121 cm³/mol. The lowest BCUT2D eigenvalue weighted by Gasteiger charge is -2.50. The highest BCUT2D eigenvalue weighted by molar-refractivity contribution is 5.88. The van der Waals surface area contributed by atoms with Crippen LogP contribution in [0.15, 0.2) is 60.7 Å². The lowest BCUT2D eigenvalue weighted by Crippen LogP contribution is -2.80. The number of guanidine groups is 2. The van der Waals surface area contributed by atoms with Crippen molar-refractivity contribution in [1.29, 1.82) is 10.8 Å². The summed E-state index contributed by atoms with van der Waals surface area (Å²) in [5.74, 6) is -4.56. The van der Waals surface area contributed by atoms with Gasteiger partial charge in [-0.05, 0) is 11.1 Å². The third kappa shape index (κ3) is 3.12. The second-order valence-corrected chi connectivity index (χ2v) is 8.69. The van der Waals surface area contributed by atoms with Crippen LogP contribution in [0.4, 0.5) is 0 Å². The largest absolute Gasteiger partial charge is 0.454 e. The molecule has 11 nitrogen and oxygen atoms in total. The Balaban J connectivity index is 1.50. The van der Waals surface area contributed by atoms with Crippen molar-refractivity contribution >= 4 is 17.9 Å². The highest BCUT2D eigenvalue weighted by Gasteiger charge is 2.75. The van der Waals surface area contributed by atoms with Crippen molar-refractivity contribution in [3.63, 3.8) is 0 Å². The minimum absolute atomic E-state index is 0.187. The molecule has 0 aromatic heterocycles. The molecule has 3 aliphatic heterocycles. The van der Waals surface area contributed by atoms with Gasteiger partial charge in [-0.3, -0.25) is 15.6 Å². The van der Waals surface area contributed by atoms with Gasteiger partial charge in [0.1, 0.15) is 5.92 Å². The summed E-state index contributed by atoms with van der Waals surface area (Å²) >= 11 is 0. The highest BCUT2D eigenvalue weighted by atomic mass is 16.6. The van der Waals surface area contributed by atoms with Gasteiger partial charge in [-0.1, -0.05) is 60.7 Å². The first kappa shape index (κ1) is 22.1. The Morgan fingerprint density at radius 1 is 1.06 bits per heavy atom. The van der Waals surface area contributed by atoms with Crippen LogP contribution in [0.3, 0.4) is 0 Å². The monoisotopic (exact) mass is 466 g/mol. The maximum Gasteiger partial charge on any atom is 0.318 e. The number of esters is 1. The highest BCUT2D eigenvalue weighted by Crippen LogP contribution is 2.44. The van der Waals surface area contributed by atoms with E-state index in [0.717, 1.165) is 0 Å². The number of aliphatic hydroxyl groups is 3. The number of nitrogens with one attached hydrogen (secondary N) is 5. The number of hydrogen-bond donors (Lipinski definition) is 8. The Bertz CT molecular complexity index is 1070. The Kier molecular flexibility index (Phi) is 5.19. The van der Waals surface area contributed by atoms with Crippen LogP contribution in [0, 0.1) is 10.8 Å². The van der Waals surface area contributed by atoms with Gasteiger partial charge < -0.3 is 40.9 Å². The fraction of sp³-hybridized carbons (Fsp3) is 0.348. The van der Waals surface area contributed by atoms with Crippen LogP contribution in [0.25, 0.3) is 0 Å². The van der Waals surface area contributed by atoms with E-state index in [-0.39, 0.29) is 18.5 Å². The Hall–Kier alpha value is -3.67. The number of carbonyl (C=O) groups excluding carboxylic acids is 1. The Morgan fingerprint density at radius 3 is 2.21 bits per heavy atom. The lowest BCUT2D eigenvalue weighted by atomic mass is 9.85. The minimum atomic E-state index is -2.69. The van der Waals surface area contributed by atoms with Crippen LogP contribution < -0.4 is 16.0 Å². The standard InChI is InChI=1S/C23H26N6O5/c24-20-27-18-15(12-30)26-21(25)29-11-16(23(32,33)22(18,29)28-20)34-19(31)17(13-7-3-1-4-8-13)14-9-5-2-6-10-14/h1-10,15-18,30,32-33H,11-12H2,(H2,25,26)(H3,24,27,28)/t15-,16-,18-,22?/m0/s1. The molecule has 8 N–H and O–H groups in total. The van der Waals surface area contributed by atoms with Gasteiger partial charge >= 0.3 is 5.97 Å². The number of benzene rings is 2. The predicted octanol–water partition coefficient (Wildman–Crippen LogP) is -1.18. The Morgan fingerprint density at radius 2 is 1.65 bits per heavy atom. The van der Waals surface area contributed by atoms with Gasteiger partial charge in [0.05, 0.1) is 25.2 Å². The third-order valence-corrected chi connectivity index (χ3v) is 6.80. The molecule has 3 heterocycles. The molecule has 3 saturated heterocycles. The van der Waals surface area contributed by atoms with Crippen LogP contribution in [0.5, 0.6) is 0 Å². The maximum atomic E-state index is 13.5. The van der Waals surface area contributed by atoms with Crippen LogP contribution in [-0.2, 0) is 9.53 Å². The van der Waals surface area contributed by atoms with Gasteiger partial charge in [0.15, 0.2) is 23.7 Å². The summed E-state index contributed by atoms with van der Waals surface area (Å²) in [6.07, 6.45) is -1.45. The number of aliphatic hydroxyl groups excluding tert-OH is 1. The van der Waals surface area contributed by atoms with E-state index in [0.29, 0.717) is 11.1 Å². The number of rotatable bonds is 5. The molecule has 2 aromatic rings. The molecule has 3 fully saturated rings. The minimum Gasteiger partial charge on any atom is -0.454 e. The molecule has 0 bridgehead atoms. The first-order valence-corrected chi connectivity index (χ1v) is 10.9. The van der Waals surface area contributed by atoms with Crippen molar-refractivity contribution in [2.24, 2.45) is 0 Å². The van der Waals surface area contributed by atoms with Crippen molar-refractivity contribution in [2.45, 2.75) is 35.6 Å². The second-order valence-electron chi connectivity index (χ2n) is 8.69. The first-order valence-electron chi connectivity index (χ1n) is 10.9. The van der Waals surface area contributed by atoms with Crippen molar-refractivity contribution in [3.05, 3.63) is 71.8 Å². The summed E-state index contributed by atoms with van der Waals surface area (Å²) in [4.78, 5) is 14.8. The van der Waals surface area contributed by atoms with Crippen molar-refractivity contribution in [1.82, 2.24) is 20.9 Å². The number of ether oxygens (including phenoxy) is 1. The van der Waals surface area contributed by atoms with Gasteiger partial charge in [0.2, 0.25) is 5.79 Å². The maximum absolute atomic E-state index is 13.5. The van der Waals surface area contributed by atoms with E-state index in [4.69, 9.17) is 15.6 Å². The van der Waals surface area contributed by atoms with Crippen LogP contribution in [0.1, 0.15) is 17.0 Å². The quantitative estimate of drug-likeness (QED) is 0.199. The fourth-order valence-electron chi connectivity index (χ4n) is 5.23. The van der Waals surface area contributed by atoms with Crippen molar-refractivity contribution < 1.29 is 24.9 Å². The first-order chi connectivity index (χ1) is 16.3. The number of carbonyl (C=O) groups is 1. The molecule has 0 saturated carbocycles. The average molecular weight is 466 g/mol. The van der Waals surface area contributed by atoms with E-state index in [2.05, 4.69) is 16.0 Å². The fourth-order valence-corrected chi connectivity index (χ4v) is 5.23. The topological polar surface area (TPSA) is 174 Å². The van der Waals surface area contributed by atoms with E-state index < -0.39 is 48.1 Å². The molecule has 0 radical (unpaired) electrons. The van der Waals surface area contributed by atoms with Crippen molar-refractivity contribution in [3.8, 4) is 0 Å². The van der Waals surface area contributed by atoms with Crippen LogP contribution >= 0.6 is 0 Å². The van der Waals surface area contributed by atoms with Gasteiger partial charge in [0.25, 0.3) is 0 Å². The molecular formula is C23H26N6O5. The van der Waals surface area contributed by atoms with Crippen molar-refractivity contribution in [2.75, 3.05) is 13.2 Å². The van der Waals surface area contributed by atoms with Crippen LogP contribution in [-0.4, -0.2) is 80.9 Å². The molecule has 3 aliphatic rings. The summed E-state index contributed by atoms with van der Waals surface area (Å²) in [7, 11) is 0. The van der Waals surface area contributed by atoms with Gasteiger partial charge in [-0.15, -0.1) is 0 Å². The zero-order valence-electron chi connectivity index (χ0n) is 18.1. The smallest absolute Gasteiger partial charge is 0.318 e. The summed E-state index contributed by atoms with van der Waals surface area (Å²) < 4.78 is 5.74. The number of nitrogens with zero attached hydrogens (tertiary/aromatic N) is 1. The Labute approximate surface area is 195 Å². The van der Waals surface area contributed by atoms with Crippen LogP contribution in [0.2, 0.25) is 0 Å². The summed E-state index contributed by atoms with van der Waals surface area (Å²) in [5, 5.41) is 57.3.